The van der Waals surface area contributed by atoms with E-state index in [1.165, 1.54) is 47.8 Å². The molecule has 0 amide bonds. The molecule has 0 aliphatic carbocycles. The van der Waals surface area contributed by atoms with Gasteiger partial charge in [-0.05, 0) is 66.0 Å². The van der Waals surface area contributed by atoms with Crippen molar-refractivity contribution in [2.75, 3.05) is 13.1 Å². The number of fused-ring (bicyclic) bond motifs is 1. The summed E-state index contributed by atoms with van der Waals surface area (Å²) >= 11 is 0. The highest BCUT2D eigenvalue weighted by molar-refractivity contribution is 5.84. The van der Waals surface area contributed by atoms with E-state index >= 15 is 0 Å². The van der Waals surface area contributed by atoms with Crippen LogP contribution in [0.4, 0.5) is 0 Å². The Morgan fingerprint density at radius 3 is 2.40 bits per heavy atom. The van der Waals surface area contributed by atoms with Crippen LogP contribution in [0.25, 0.3) is 10.8 Å². The molecule has 3 aromatic carbocycles. The molecule has 3 aromatic rings. The van der Waals surface area contributed by atoms with Crippen LogP contribution < -0.4 is 0 Å². The molecule has 0 bridgehead atoms. The first kappa shape index (κ1) is 15.9. The first-order chi connectivity index (χ1) is 12.4. The van der Waals surface area contributed by atoms with Crippen molar-refractivity contribution in [3.63, 3.8) is 0 Å². The van der Waals surface area contributed by atoms with Crippen LogP contribution in [0.2, 0.25) is 0 Å². The van der Waals surface area contributed by atoms with E-state index < -0.39 is 0 Å². The molecule has 0 N–H and O–H groups in total. The fourth-order valence-corrected chi connectivity index (χ4v) is 3.52. The van der Waals surface area contributed by atoms with Crippen molar-refractivity contribution < 1.29 is 0 Å². The van der Waals surface area contributed by atoms with Crippen LogP contribution in [0.3, 0.4) is 0 Å². The van der Waals surface area contributed by atoms with Gasteiger partial charge in [-0.1, -0.05) is 60.4 Å². The molecule has 1 aliphatic heterocycles. The van der Waals surface area contributed by atoms with Gasteiger partial charge in [-0.3, -0.25) is 4.90 Å². The molecule has 0 aromatic heterocycles. The third kappa shape index (κ3) is 4.10. The summed E-state index contributed by atoms with van der Waals surface area (Å²) in [5, 5.41) is 2.59. The van der Waals surface area contributed by atoms with Gasteiger partial charge < -0.3 is 0 Å². The van der Waals surface area contributed by atoms with E-state index in [0.29, 0.717) is 0 Å². The summed E-state index contributed by atoms with van der Waals surface area (Å²) in [6.07, 6.45) is 3.48. The topological polar surface area (TPSA) is 3.24 Å². The van der Waals surface area contributed by atoms with Gasteiger partial charge in [-0.25, -0.2) is 0 Å². The first-order valence-electron chi connectivity index (χ1n) is 9.15. The number of nitrogens with zero attached hydrogens (tertiary/aromatic N) is 1. The van der Waals surface area contributed by atoms with Crippen LogP contribution in [-0.4, -0.2) is 18.0 Å². The summed E-state index contributed by atoms with van der Waals surface area (Å²) in [7, 11) is 0. The number of hydrogen-bond donors (Lipinski definition) is 0. The van der Waals surface area contributed by atoms with Crippen LogP contribution in [-0.2, 0) is 13.0 Å². The zero-order valence-electron chi connectivity index (χ0n) is 14.5. The van der Waals surface area contributed by atoms with Gasteiger partial charge >= 0.3 is 0 Å². The maximum Gasteiger partial charge on any atom is 0.0344 e. The molecule has 0 saturated carbocycles. The van der Waals surface area contributed by atoms with Crippen molar-refractivity contribution in [2.45, 2.75) is 25.8 Å². The van der Waals surface area contributed by atoms with E-state index in [4.69, 9.17) is 0 Å². The summed E-state index contributed by atoms with van der Waals surface area (Å²) in [5.41, 5.74) is 3.77. The lowest BCUT2D eigenvalue weighted by molar-refractivity contribution is 0.331. The first-order valence-corrected chi connectivity index (χ1v) is 9.15. The highest BCUT2D eigenvalue weighted by Crippen LogP contribution is 2.20. The Labute approximate surface area is 150 Å². The summed E-state index contributed by atoms with van der Waals surface area (Å²) < 4.78 is 0. The van der Waals surface area contributed by atoms with Crippen molar-refractivity contribution in [3.8, 4) is 11.8 Å². The van der Waals surface area contributed by atoms with Gasteiger partial charge in [0.05, 0.1) is 0 Å². The molecule has 1 saturated heterocycles. The second-order valence-electron chi connectivity index (χ2n) is 6.84. The Hall–Kier alpha value is -2.56. The maximum absolute atomic E-state index is 3.32. The second kappa shape index (κ2) is 7.55. The fraction of sp³-hybridized carbons (Fsp3) is 0.250. The van der Waals surface area contributed by atoms with E-state index in [1.54, 1.807) is 0 Å². The van der Waals surface area contributed by atoms with Crippen LogP contribution in [0.15, 0.2) is 66.7 Å². The Morgan fingerprint density at radius 1 is 0.760 bits per heavy atom. The van der Waals surface area contributed by atoms with Crippen LogP contribution in [0.1, 0.15) is 29.5 Å². The van der Waals surface area contributed by atoms with E-state index in [0.717, 1.165) is 18.5 Å². The normalized spacial score (nSPS) is 14.4. The molecule has 0 atom stereocenters. The van der Waals surface area contributed by atoms with Crippen molar-refractivity contribution in [1.29, 1.82) is 0 Å². The van der Waals surface area contributed by atoms with E-state index in [1.807, 2.05) is 6.07 Å². The van der Waals surface area contributed by atoms with Gasteiger partial charge in [0.25, 0.3) is 0 Å². The quantitative estimate of drug-likeness (QED) is 0.611. The molecule has 4 rings (SSSR count). The molecule has 1 heteroatoms. The minimum absolute atomic E-state index is 0.799. The number of rotatable bonds is 3. The minimum atomic E-state index is 0.799. The Balaban J connectivity index is 1.52. The zero-order valence-corrected chi connectivity index (χ0v) is 14.5. The van der Waals surface area contributed by atoms with E-state index in [9.17, 15) is 0 Å². The predicted molar refractivity (Wildman–Crippen MR) is 105 cm³/mol. The van der Waals surface area contributed by atoms with Gasteiger partial charge in [-0.15, -0.1) is 0 Å². The molecule has 1 nitrogen and oxygen atoms in total. The molecule has 1 aliphatic rings. The van der Waals surface area contributed by atoms with E-state index in [-0.39, 0.29) is 0 Å². The monoisotopic (exact) mass is 325 g/mol. The summed E-state index contributed by atoms with van der Waals surface area (Å²) in [6, 6.07) is 23.8. The minimum Gasteiger partial charge on any atom is -0.299 e. The fourth-order valence-electron chi connectivity index (χ4n) is 3.52. The summed E-state index contributed by atoms with van der Waals surface area (Å²) in [6.45, 7) is 3.55. The largest absolute Gasteiger partial charge is 0.299 e. The third-order valence-electron chi connectivity index (χ3n) is 4.88. The van der Waals surface area contributed by atoms with Crippen molar-refractivity contribution in [3.05, 3.63) is 83.4 Å². The summed E-state index contributed by atoms with van der Waals surface area (Å²) in [5.74, 6) is 6.62. The lowest BCUT2D eigenvalue weighted by Gasteiger charge is -2.14. The lowest BCUT2D eigenvalue weighted by Crippen LogP contribution is -2.18. The Bertz CT molecular complexity index is 909. The van der Waals surface area contributed by atoms with Gasteiger partial charge in [0.2, 0.25) is 0 Å². The molecular weight excluding hydrogens is 302 g/mol. The van der Waals surface area contributed by atoms with Crippen LogP contribution in [0, 0.1) is 11.8 Å². The predicted octanol–water partition coefficient (Wildman–Crippen LogP) is 5.03. The van der Waals surface area contributed by atoms with Crippen molar-refractivity contribution in [1.82, 2.24) is 4.90 Å². The average molecular weight is 325 g/mol. The number of hydrogen-bond acceptors (Lipinski definition) is 1. The zero-order chi connectivity index (χ0) is 16.9. The van der Waals surface area contributed by atoms with Crippen molar-refractivity contribution >= 4 is 10.8 Å². The third-order valence-corrected chi connectivity index (χ3v) is 4.88. The lowest BCUT2D eigenvalue weighted by atomic mass is 10.0. The van der Waals surface area contributed by atoms with Gasteiger partial charge in [0.1, 0.15) is 0 Å². The molecule has 1 heterocycles. The smallest absolute Gasteiger partial charge is 0.0344 e. The van der Waals surface area contributed by atoms with Gasteiger partial charge in [0.15, 0.2) is 0 Å². The van der Waals surface area contributed by atoms with E-state index in [2.05, 4.69) is 77.4 Å². The maximum atomic E-state index is 3.32. The van der Waals surface area contributed by atoms with Crippen LogP contribution >= 0.6 is 0 Å². The standard InChI is InChI=1S/C24H23N/c1-2-7-20(8-3-1)9-6-10-21-11-13-23-14-12-22(18-24(23)17-21)19-25-15-4-5-16-25/h1-3,7-8,11-14,17-18H,4-5,9,15-16,19H2. The summed E-state index contributed by atoms with van der Waals surface area (Å²) in [4.78, 5) is 2.55. The van der Waals surface area contributed by atoms with Gasteiger partial charge in [0, 0.05) is 18.5 Å². The number of likely N-dealkylation sites (tertiary alicyclic amines) is 1. The van der Waals surface area contributed by atoms with Crippen LogP contribution in [0.5, 0.6) is 0 Å². The molecule has 0 spiro atoms. The molecule has 0 radical (unpaired) electrons. The Morgan fingerprint density at radius 2 is 1.56 bits per heavy atom. The average Bonchev–Trinajstić information content (AvgIpc) is 3.15. The van der Waals surface area contributed by atoms with Crippen molar-refractivity contribution in [2.24, 2.45) is 0 Å². The highest BCUT2D eigenvalue weighted by Gasteiger charge is 2.11. The molecule has 1 fully saturated rings. The highest BCUT2D eigenvalue weighted by atomic mass is 15.1. The second-order valence-corrected chi connectivity index (χ2v) is 6.84. The SMILES string of the molecule is C(#Cc1ccc2ccc(CN3CCCC3)cc2c1)Cc1ccccc1. The van der Waals surface area contributed by atoms with Gasteiger partial charge in [-0.2, -0.15) is 0 Å². The molecule has 25 heavy (non-hydrogen) atoms. The molecule has 0 unspecified atom stereocenters. The number of benzene rings is 3. The molecular formula is C24H23N. The molecule has 124 valence electrons. The Kier molecular flexibility index (Phi) is 4.81.